The highest BCUT2D eigenvalue weighted by Crippen LogP contribution is 2.25. The van der Waals surface area contributed by atoms with Gasteiger partial charge in [0.15, 0.2) is 0 Å². The molecule has 0 unspecified atom stereocenters. The van der Waals surface area contributed by atoms with Crippen molar-refractivity contribution in [1.82, 2.24) is 5.32 Å². The predicted octanol–water partition coefficient (Wildman–Crippen LogP) is 3.85. The van der Waals surface area contributed by atoms with E-state index in [2.05, 4.69) is 5.32 Å². The molecule has 0 heterocycles. The number of amides is 1. The first-order chi connectivity index (χ1) is 9.39. The second-order valence-corrected chi connectivity index (χ2v) is 7.27. The van der Waals surface area contributed by atoms with Crippen molar-refractivity contribution in [2.24, 2.45) is 0 Å². The standard InChI is InChI=1S/C17H27NO3/c1-11-8-13(9-12(2)14(11)19)10-17(6,7)18-15(20)21-16(3,4)5/h8-9,19H,10H2,1-7H3,(H,18,20). The number of aryl methyl sites for hydroxylation is 2. The number of aromatic hydroxyl groups is 1. The molecule has 0 radical (unpaired) electrons. The third-order valence-corrected chi connectivity index (χ3v) is 3.04. The van der Waals surface area contributed by atoms with E-state index in [0.29, 0.717) is 12.2 Å². The van der Waals surface area contributed by atoms with E-state index in [1.54, 1.807) is 0 Å². The van der Waals surface area contributed by atoms with Gasteiger partial charge in [-0.3, -0.25) is 0 Å². The zero-order chi connectivity index (χ0) is 16.4. The summed E-state index contributed by atoms with van der Waals surface area (Å²) in [5, 5.41) is 12.7. The van der Waals surface area contributed by atoms with Gasteiger partial charge in [-0.05, 0) is 71.6 Å². The Hall–Kier alpha value is -1.71. The Morgan fingerprint density at radius 1 is 1.14 bits per heavy atom. The smallest absolute Gasteiger partial charge is 0.408 e. The Morgan fingerprint density at radius 2 is 1.62 bits per heavy atom. The minimum absolute atomic E-state index is 0.330. The van der Waals surface area contributed by atoms with Gasteiger partial charge in [-0.1, -0.05) is 12.1 Å². The molecule has 0 fully saturated rings. The molecule has 21 heavy (non-hydrogen) atoms. The molecule has 0 aromatic heterocycles. The molecule has 1 amide bonds. The third kappa shape index (κ3) is 5.66. The van der Waals surface area contributed by atoms with Crippen LogP contribution in [0.1, 0.15) is 51.3 Å². The lowest BCUT2D eigenvalue weighted by atomic mass is 9.93. The van der Waals surface area contributed by atoms with Gasteiger partial charge in [0.25, 0.3) is 0 Å². The van der Waals surface area contributed by atoms with Crippen LogP contribution in [0.3, 0.4) is 0 Å². The number of ether oxygens (including phenoxy) is 1. The fourth-order valence-electron chi connectivity index (χ4n) is 2.28. The van der Waals surface area contributed by atoms with Crippen LogP contribution >= 0.6 is 0 Å². The number of carbonyl (C=O) groups is 1. The lowest BCUT2D eigenvalue weighted by molar-refractivity contribution is 0.0472. The van der Waals surface area contributed by atoms with Gasteiger partial charge in [0, 0.05) is 5.54 Å². The highest BCUT2D eigenvalue weighted by atomic mass is 16.6. The quantitative estimate of drug-likeness (QED) is 0.889. The second-order valence-electron chi connectivity index (χ2n) is 7.27. The molecule has 0 aliphatic rings. The molecule has 1 rings (SSSR count). The van der Waals surface area contributed by atoms with E-state index in [1.165, 1.54) is 0 Å². The molecule has 0 atom stereocenters. The van der Waals surface area contributed by atoms with Crippen LogP contribution in [0.4, 0.5) is 4.79 Å². The Balaban J connectivity index is 2.79. The van der Waals surface area contributed by atoms with Crippen LogP contribution in [0, 0.1) is 13.8 Å². The van der Waals surface area contributed by atoms with Gasteiger partial charge in [0.1, 0.15) is 11.4 Å². The molecule has 0 saturated heterocycles. The number of nitrogens with one attached hydrogen (secondary N) is 1. The average molecular weight is 293 g/mol. The summed E-state index contributed by atoms with van der Waals surface area (Å²) in [6, 6.07) is 3.89. The number of hydrogen-bond acceptors (Lipinski definition) is 3. The van der Waals surface area contributed by atoms with Crippen LogP contribution in [-0.4, -0.2) is 22.3 Å². The van der Waals surface area contributed by atoms with Gasteiger partial charge in [-0.25, -0.2) is 4.79 Å². The molecule has 4 heteroatoms. The maximum Gasteiger partial charge on any atom is 0.408 e. The average Bonchev–Trinajstić information content (AvgIpc) is 2.20. The Bertz CT molecular complexity index is 504. The van der Waals surface area contributed by atoms with Crippen molar-refractivity contribution in [3.05, 3.63) is 28.8 Å². The summed E-state index contributed by atoms with van der Waals surface area (Å²) in [6.07, 6.45) is 0.244. The summed E-state index contributed by atoms with van der Waals surface area (Å²) in [6.45, 7) is 13.2. The van der Waals surface area contributed by atoms with Crippen molar-refractivity contribution in [1.29, 1.82) is 0 Å². The van der Waals surface area contributed by atoms with E-state index in [1.807, 2.05) is 60.6 Å². The third-order valence-electron chi connectivity index (χ3n) is 3.04. The van der Waals surface area contributed by atoms with Crippen molar-refractivity contribution in [3.8, 4) is 5.75 Å². The largest absolute Gasteiger partial charge is 0.507 e. The highest BCUT2D eigenvalue weighted by Gasteiger charge is 2.25. The van der Waals surface area contributed by atoms with Gasteiger partial charge < -0.3 is 15.2 Å². The molecule has 1 aromatic rings. The zero-order valence-corrected chi connectivity index (χ0v) is 14.1. The molecule has 0 saturated carbocycles. The van der Waals surface area contributed by atoms with Crippen molar-refractivity contribution >= 4 is 6.09 Å². The lowest BCUT2D eigenvalue weighted by Crippen LogP contribution is -2.47. The molecule has 2 N–H and O–H groups in total. The van der Waals surface area contributed by atoms with E-state index in [4.69, 9.17) is 4.74 Å². The molecule has 0 aliphatic heterocycles. The van der Waals surface area contributed by atoms with Crippen LogP contribution in [0.25, 0.3) is 0 Å². The van der Waals surface area contributed by atoms with Crippen LogP contribution in [0.15, 0.2) is 12.1 Å². The van der Waals surface area contributed by atoms with Gasteiger partial charge in [-0.2, -0.15) is 0 Å². The van der Waals surface area contributed by atoms with Crippen LogP contribution in [0.2, 0.25) is 0 Å². The van der Waals surface area contributed by atoms with Crippen molar-refractivity contribution in [2.45, 2.75) is 66.0 Å². The van der Waals surface area contributed by atoms with Gasteiger partial charge >= 0.3 is 6.09 Å². The summed E-state index contributed by atoms with van der Waals surface area (Å²) < 4.78 is 5.29. The fourth-order valence-corrected chi connectivity index (χ4v) is 2.28. The number of alkyl carbamates (subject to hydrolysis) is 1. The first-order valence-corrected chi connectivity index (χ1v) is 7.20. The minimum atomic E-state index is -0.508. The van der Waals surface area contributed by atoms with E-state index >= 15 is 0 Å². The van der Waals surface area contributed by atoms with Crippen molar-refractivity contribution < 1.29 is 14.6 Å². The molecule has 1 aromatic carbocycles. The first-order valence-electron chi connectivity index (χ1n) is 7.20. The monoisotopic (exact) mass is 293 g/mol. The minimum Gasteiger partial charge on any atom is -0.507 e. The van der Waals surface area contributed by atoms with Crippen molar-refractivity contribution in [3.63, 3.8) is 0 Å². The van der Waals surface area contributed by atoms with Crippen LogP contribution in [-0.2, 0) is 11.2 Å². The Labute approximate surface area is 127 Å². The summed E-state index contributed by atoms with van der Waals surface area (Å²) in [7, 11) is 0. The van der Waals surface area contributed by atoms with Gasteiger partial charge in [0.05, 0.1) is 0 Å². The number of benzene rings is 1. The van der Waals surface area contributed by atoms with E-state index < -0.39 is 17.2 Å². The van der Waals surface area contributed by atoms with E-state index in [9.17, 15) is 9.90 Å². The topological polar surface area (TPSA) is 58.6 Å². The number of phenols is 1. The Kier molecular flexibility index (Phi) is 4.92. The number of hydrogen-bond donors (Lipinski definition) is 2. The van der Waals surface area contributed by atoms with Crippen LogP contribution in [0.5, 0.6) is 5.75 Å². The Morgan fingerprint density at radius 3 is 2.05 bits per heavy atom. The molecule has 0 spiro atoms. The summed E-state index contributed by atoms with van der Waals surface area (Å²) >= 11 is 0. The maximum atomic E-state index is 11.9. The number of phenolic OH excluding ortho intramolecular Hbond substituents is 1. The maximum absolute atomic E-state index is 11.9. The summed E-state index contributed by atoms with van der Waals surface area (Å²) in [5.74, 6) is 0.330. The molecular weight excluding hydrogens is 266 g/mol. The van der Waals surface area contributed by atoms with Gasteiger partial charge in [-0.15, -0.1) is 0 Å². The SMILES string of the molecule is Cc1cc(CC(C)(C)NC(=O)OC(C)(C)C)cc(C)c1O. The first kappa shape index (κ1) is 17.3. The normalized spacial score (nSPS) is 12.1. The second kappa shape index (κ2) is 5.96. The molecular formula is C17H27NO3. The lowest BCUT2D eigenvalue weighted by Gasteiger charge is -2.29. The van der Waals surface area contributed by atoms with Crippen LogP contribution < -0.4 is 5.32 Å². The molecule has 0 aliphatic carbocycles. The number of carbonyl (C=O) groups excluding carboxylic acids is 1. The van der Waals surface area contributed by atoms with E-state index in [-0.39, 0.29) is 0 Å². The molecule has 0 bridgehead atoms. The molecule has 4 nitrogen and oxygen atoms in total. The van der Waals surface area contributed by atoms with Crippen molar-refractivity contribution in [2.75, 3.05) is 0 Å². The summed E-state index contributed by atoms with van der Waals surface area (Å²) in [5.41, 5.74) is 1.82. The molecule has 118 valence electrons. The predicted molar refractivity (Wildman–Crippen MR) is 84.7 cm³/mol. The number of rotatable bonds is 3. The van der Waals surface area contributed by atoms with Gasteiger partial charge in [0.2, 0.25) is 0 Å². The highest BCUT2D eigenvalue weighted by molar-refractivity contribution is 5.68. The summed E-state index contributed by atoms with van der Waals surface area (Å²) in [4.78, 5) is 11.9. The fraction of sp³-hybridized carbons (Fsp3) is 0.588. The van der Waals surface area contributed by atoms with E-state index in [0.717, 1.165) is 16.7 Å². The zero-order valence-electron chi connectivity index (χ0n) is 14.1.